The van der Waals surface area contributed by atoms with E-state index in [1.165, 1.54) is 0 Å². The summed E-state index contributed by atoms with van der Waals surface area (Å²) in [6.45, 7) is 2.31. The first-order chi connectivity index (χ1) is 10.2. The van der Waals surface area contributed by atoms with E-state index in [1.54, 1.807) is 7.11 Å². The van der Waals surface area contributed by atoms with Gasteiger partial charge in [0, 0.05) is 38.8 Å². The average Bonchev–Trinajstić information content (AvgIpc) is 2.56. The molecule has 2 heterocycles. The van der Waals surface area contributed by atoms with E-state index in [0.717, 1.165) is 50.9 Å². The highest BCUT2D eigenvalue weighted by atomic mass is 16.5. The van der Waals surface area contributed by atoms with E-state index < -0.39 is 0 Å². The largest absolute Gasteiger partial charge is 0.381 e. The quantitative estimate of drug-likeness (QED) is 0.839. The summed E-state index contributed by atoms with van der Waals surface area (Å²) in [4.78, 5) is 14.4. The number of carbonyl (C=O) groups is 1. The number of piperidine rings is 1. The van der Waals surface area contributed by atoms with Gasteiger partial charge in [-0.1, -0.05) is 18.2 Å². The minimum absolute atomic E-state index is 0.0770. The Morgan fingerprint density at radius 2 is 2.00 bits per heavy atom. The van der Waals surface area contributed by atoms with E-state index in [-0.39, 0.29) is 11.5 Å². The molecule has 2 saturated heterocycles. The van der Waals surface area contributed by atoms with Crippen LogP contribution >= 0.6 is 0 Å². The van der Waals surface area contributed by atoms with Crippen LogP contribution < -0.4 is 0 Å². The Morgan fingerprint density at radius 1 is 1.29 bits per heavy atom. The molecule has 1 amide bonds. The van der Waals surface area contributed by atoms with Crippen LogP contribution in [0.1, 0.15) is 36.0 Å². The zero-order valence-corrected chi connectivity index (χ0v) is 12.6. The summed E-state index contributed by atoms with van der Waals surface area (Å²) in [5.41, 5.74) is 0.694. The zero-order valence-electron chi connectivity index (χ0n) is 12.6. The number of hydrogen-bond acceptors (Lipinski definition) is 3. The maximum atomic E-state index is 12.5. The number of hydrogen-bond donors (Lipinski definition) is 0. The van der Waals surface area contributed by atoms with Gasteiger partial charge in [-0.2, -0.15) is 0 Å². The first-order valence-corrected chi connectivity index (χ1v) is 7.73. The molecular formula is C17H23NO3. The Bertz CT molecular complexity index is 480. The summed E-state index contributed by atoms with van der Waals surface area (Å²) >= 11 is 0. The molecule has 2 aliphatic rings. The molecule has 1 atom stereocenters. The molecule has 0 saturated carbocycles. The molecule has 4 heteroatoms. The van der Waals surface area contributed by atoms with E-state index in [9.17, 15) is 4.79 Å². The molecule has 1 aromatic rings. The lowest BCUT2D eigenvalue weighted by atomic mass is 9.83. The lowest BCUT2D eigenvalue weighted by Gasteiger charge is -2.45. The number of amides is 1. The first kappa shape index (κ1) is 14.5. The van der Waals surface area contributed by atoms with Gasteiger partial charge in [-0.05, 0) is 31.4 Å². The van der Waals surface area contributed by atoms with Gasteiger partial charge in [0.05, 0.1) is 11.7 Å². The molecule has 0 radical (unpaired) electrons. The number of ether oxygens (including phenoxy) is 2. The van der Waals surface area contributed by atoms with Crippen LogP contribution in [0.5, 0.6) is 0 Å². The van der Waals surface area contributed by atoms with Crippen LogP contribution in [-0.4, -0.2) is 49.3 Å². The van der Waals surface area contributed by atoms with Crippen molar-refractivity contribution in [3.05, 3.63) is 35.9 Å². The fourth-order valence-electron chi connectivity index (χ4n) is 3.41. The van der Waals surface area contributed by atoms with E-state index in [0.29, 0.717) is 6.10 Å². The van der Waals surface area contributed by atoms with Crippen molar-refractivity contribution in [1.29, 1.82) is 0 Å². The number of rotatable bonds is 2. The summed E-state index contributed by atoms with van der Waals surface area (Å²) in [6, 6.07) is 9.51. The number of likely N-dealkylation sites (tertiary alicyclic amines) is 1. The van der Waals surface area contributed by atoms with Crippen LogP contribution in [0.4, 0.5) is 0 Å². The van der Waals surface area contributed by atoms with Crippen LogP contribution in [0, 0.1) is 0 Å². The fourth-order valence-corrected chi connectivity index (χ4v) is 3.41. The summed E-state index contributed by atoms with van der Waals surface area (Å²) < 4.78 is 11.6. The van der Waals surface area contributed by atoms with Crippen molar-refractivity contribution in [2.75, 3.05) is 26.8 Å². The third kappa shape index (κ3) is 3.11. The molecule has 114 valence electrons. The lowest BCUT2D eigenvalue weighted by Crippen LogP contribution is -2.51. The van der Waals surface area contributed by atoms with E-state index in [1.807, 2.05) is 35.2 Å². The maximum absolute atomic E-state index is 12.5. The second-order valence-corrected chi connectivity index (χ2v) is 6.04. The predicted octanol–water partition coefficient (Wildman–Crippen LogP) is 2.49. The Balaban J connectivity index is 1.61. The molecule has 1 aromatic carbocycles. The van der Waals surface area contributed by atoms with Crippen LogP contribution in [0.25, 0.3) is 0 Å². The summed E-state index contributed by atoms with van der Waals surface area (Å²) in [6.07, 6.45) is 4.05. The van der Waals surface area contributed by atoms with Gasteiger partial charge >= 0.3 is 0 Å². The summed E-state index contributed by atoms with van der Waals surface area (Å²) in [5.74, 6) is 0.129. The molecule has 2 fully saturated rings. The van der Waals surface area contributed by atoms with Crippen molar-refractivity contribution < 1.29 is 14.3 Å². The summed E-state index contributed by atoms with van der Waals surface area (Å²) in [7, 11) is 1.78. The van der Waals surface area contributed by atoms with Crippen LogP contribution in [-0.2, 0) is 9.47 Å². The normalized spacial score (nSPS) is 25.0. The predicted molar refractivity (Wildman–Crippen MR) is 80.3 cm³/mol. The molecule has 3 rings (SSSR count). The Morgan fingerprint density at radius 3 is 2.67 bits per heavy atom. The van der Waals surface area contributed by atoms with E-state index in [4.69, 9.17) is 9.47 Å². The topological polar surface area (TPSA) is 38.8 Å². The molecule has 0 aromatic heterocycles. The number of carbonyl (C=O) groups excluding carboxylic acids is 1. The highest BCUT2D eigenvalue weighted by molar-refractivity contribution is 5.94. The van der Waals surface area contributed by atoms with Crippen molar-refractivity contribution in [2.24, 2.45) is 0 Å². The van der Waals surface area contributed by atoms with Crippen molar-refractivity contribution in [3.63, 3.8) is 0 Å². The number of methoxy groups -OCH3 is 1. The highest BCUT2D eigenvalue weighted by Crippen LogP contribution is 2.36. The van der Waals surface area contributed by atoms with Gasteiger partial charge in [0.25, 0.3) is 5.91 Å². The summed E-state index contributed by atoms with van der Waals surface area (Å²) in [5, 5.41) is 0. The van der Waals surface area contributed by atoms with Gasteiger partial charge in [-0.3, -0.25) is 4.79 Å². The molecule has 1 spiro atoms. The minimum Gasteiger partial charge on any atom is -0.381 e. The molecule has 4 nitrogen and oxygen atoms in total. The first-order valence-electron chi connectivity index (χ1n) is 7.73. The van der Waals surface area contributed by atoms with Crippen molar-refractivity contribution in [3.8, 4) is 0 Å². The van der Waals surface area contributed by atoms with Gasteiger partial charge in [-0.25, -0.2) is 0 Å². The van der Waals surface area contributed by atoms with Crippen molar-refractivity contribution in [2.45, 2.75) is 37.4 Å². The highest BCUT2D eigenvalue weighted by Gasteiger charge is 2.41. The van der Waals surface area contributed by atoms with Gasteiger partial charge in [0.1, 0.15) is 0 Å². The van der Waals surface area contributed by atoms with E-state index in [2.05, 4.69) is 0 Å². The smallest absolute Gasteiger partial charge is 0.253 e. The Labute approximate surface area is 126 Å². The third-order valence-corrected chi connectivity index (χ3v) is 4.76. The third-order valence-electron chi connectivity index (χ3n) is 4.76. The van der Waals surface area contributed by atoms with Gasteiger partial charge in [0.2, 0.25) is 0 Å². The molecule has 0 bridgehead atoms. The molecule has 21 heavy (non-hydrogen) atoms. The molecule has 1 unspecified atom stereocenters. The Hall–Kier alpha value is -1.39. The average molecular weight is 289 g/mol. The second-order valence-electron chi connectivity index (χ2n) is 6.04. The molecule has 2 aliphatic heterocycles. The van der Waals surface area contributed by atoms with Gasteiger partial charge in [0.15, 0.2) is 0 Å². The number of benzene rings is 1. The minimum atomic E-state index is -0.0770. The van der Waals surface area contributed by atoms with Gasteiger partial charge in [-0.15, -0.1) is 0 Å². The van der Waals surface area contributed by atoms with Crippen LogP contribution in [0.15, 0.2) is 30.3 Å². The number of nitrogens with zero attached hydrogens (tertiary/aromatic N) is 1. The SMILES string of the molecule is COC1CCOC2(CCN(C(=O)c3ccccc3)CC2)C1. The van der Waals surface area contributed by atoms with Crippen LogP contribution in [0.2, 0.25) is 0 Å². The lowest BCUT2D eigenvalue weighted by molar-refractivity contribution is -0.146. The fraction of sp³-hybridized carbons (Fsp3) is 0.588. The maximum Gasteiger partial charge on any atom is 0.253 e. The molecular weight excluding hydrogens is 266 g/mol. The van der Waals surface area contributed by atoms with E-state index >= 15 is 0 Å². The van der Waals surface area contributed by atoms with Gasteiger partial charge < -0.3 is 14.4 Å². The zero-order chi connectivity index (χ0) is 14.7. The van der Waals surface area contributed by atoms with Crippen LogP contribution in [0.3, 0.4) is 0 Å². The van der Waals surface area contributed by atoms with Crippen molar-refractivity contribution >= 4 is 5.91 Å². The second kappa shape index (κ2) is 6.16. The molecule has 0 N–H and O–H groups in total. The molecule has 0 aliphatic carbocycles. The monoisotopic (exact) mass is 289 g/mol. The standard InChI is InChI=1S/C17H23NO3/c1-20-15-7-12-21-17(13-15)8-10-18(11-9-17)16(19)14-5-3-2-4-6-14/h2-6,15H,7-13H2,1H3. The van der Waals surface area contributed by atoms with Crippen molar-refractivity contribution in [1.82, 2.24) is 4.90 Å². The Kier molecular flexibility index (Phi) is 4.27.